The quantitative estimate of drug-likeness (QED) is 0.543. The van der Waals surface area contributed by atoms with E-state index >= 15 is 0 Å². The van der Waals surface area contributed by atoms with E-state index in [0.717, 1.165) is 16.9 Å². The summed E-state index contributed by atoms with van der Waals surface area (Å²) in [5.74, 6) is 0.0343. The molecule has 162 valence electrons. The maximum Gasteiger partial charge on any atom is 0.242 e. The highest BCUT2D eigenvalue weighted by Crippen LogP contribution is 2.20. The number of aryl methyl sites for hydroxylation is 1. The maximum atomic E-state index is 13.3. The Bertz CT molecular complexity index is 824. The third-order valence-electron chi connectivity index (χ3n) is 5.04. The summed E-state index contributed by atoms with van der Waals surface area (Å²) in [5.41, 5.74) is 1.99. The molecule has 0 unspecified atom stereocenters. The zero-order valence-electron chi connectivity index (χ0n) is 18.2. The van der Waals surface area contributed by atoms with Crippen LogP contribution < -0.4 is 5.32 Å². The van der Waals surface area contributed by atoms with Crippen molar-refractivity contribution in [3.63, 3.8) is 0 Å². The van der Waals surface area contributed by atoms with Crippen molar-refractivity contribution < 1.29 is 14.0 Å². The van der Waals surface area contributed by atoms with Gasteiger partial charge >= 0.3 is 0 Å². The Hall–Kier alpha value is -2.34. The molecule has 0 saturated heterocycles. The summed E-state index contributed by atoms with van der Waals surface area (Å²) in [6, 6.07) is 13.7. The molecule has 0 saturated carbocycles. The van der Waals surface area contributed by atoms with Crippen molar-refractivity contribution in [3.05, 3.63) is 65.5 Å². The van der Waals surface area contributed by atoms with Crippen molar-refractivity contribution >= 4 is 23.6 Å². The van der Waals surface area contributed by atoms with E-state index in [0.29, 0.717) is 12.2 Å². The van der Waals surface area contributed by atoms with Crippen molar-refractivity contribution in [1.29, 1.82) is 0 Å². The number of carbonyl (C=O) groups excluding carboxylic acids is 2. The monoisotopic (exact) mass is 430 g/mol. The highest BCUT2D eigenvalue weighted by Gasteiger charge is 2.26. The molecule has 2 atom stereocenters. The molecule has 1 N–H and O–H groups in total. The zero-order chi connectivity index (χ0) is 22.1. The molecule has 0 aliphatic rings. The molecule has 2 aromatic rings. The van der Waals surface area contributed by atoms with Gasteiger partial charge < -0.3 is 10.2 Å². The van der Waals surface area contributed by atoms with E-state index < -0.39 is 6.04 Å². The standard InChI is InChI=1S/C24H31FN2O2S/c1-5-18(3)26-24(29)19(4)27(16-20-8-10-21(25)11-9-20)23(28)14-15-30-22-12-6-17(2)7-13-22/h6-13,18-19H,5,14-16H2,1-4H3,(H,26,29)/t18-,19-/m1/s1. The van der Waals surface area contributed by atoms with E-state index in [2.05, 4.69) is 5.32 Å². The topological polar surface area (TPSA) is 49.4 Å². The molecule has 0 aliphatic heterocycles. The average molecular weight is 431 g/mol. The molecule has 0 bridgehead atoms. The van der Waals surface area contributed by atoms with Crippen LogP contribution in [-0.2, 0) is 16.1 Å². The highest BCUT2D eigenvalue weighted by molar-refractivity contribution is 7.99. The fourth-order valence-electron chi connectivity index (χ4n) is 2.87. The number of nitrogens with one attached hydrogen (secondary N) is 1. The molecular formula is C24H31FN2O2S. The van der Waals surface area contributed by atoms with Crippen LogP contribution >= 0.6 is 11.8 Å². The number of carbonyl (C=O) groups is 2. The Kier molecular flexibility index (Phi) is 9.37. The number of halogens is 1. The van der Waals surface area contributed by atoms with Gasteiger partial charge in [-0.15, -0.1) is 11.8 Å². The normalized spacial score (nSPS) is 12.8. The molecule has 30 heavy (non-hydrogen) atoms. The van der Waals surface area contributed by atoms with Crippen LogP contribution in [0, 0.1) is 12.7 Å². The third kappa shape index (κ3) is 7.48. The minimum atomic E-state index is -0.610. The van der Waals surface area contributed by atoms with Crippen molar-refractivity contribution in [2.45, 2.75) is 64.1 Å². The van der Waals surface area contributed by atoms with Crippen molar-refractivity contribution in [2.75, 3.05) is 5.75 Å². The molecule has 2 aromatic carbocycles. The Morgan fingerprint density at radius 1 is 1.07 bits per heavy atom. The summed E-state index contributed by atoms with van der Waals surface area (Å²) in [6.45, 7) is 7.99. The molecule has 6 heteroatoms. The first-order valence-corrected chi connectivity index (χ1v) is 11.3. The Morgan fingerprint density at radius 3 is 2.30 bits per heavy atom. The summed E-state index contributed by atoms with van der Waals surface area (Å²) in [5, 5.41) is 2.95. The SMILES string of the molecule is CC[C@@H](C)NC(=O)[C@@H](C)N(Cc1ccc(F)cc1)C(=O)CCSc1ccc(C)cc1. The van der Waals surface area contributed by atoms with Crippen LogP contribution in [0.25, 0.3) is 0 Å². The summed E-state index contributed by atoms with van der Waals surface area (Å²) in [7, 11) is 0. The van der Waals surface area contributed by atoms with Crippen LogP contribution in [0.15, 0.2) is 53.4 Å². The molecule has 0 aromatic heterocycles. The number of benzene rings is 2. The number of amides is 2. The average Bonchev–Trinajstić information content (AvgIpc) is 2.74. The van der Waals surface area contributed by atoms with Crippen LogP contribution in [0.4, 0.5) is 4.39 Å². The lowest BCUT2D eigenvalue weighted by atomic mass is 10.1. The van der Waals surface area contributed by atoms with Gasteiger partial charge in [0, 0.05) is 29.7 Å². The largest absolute Gasteiger partial charge is 0.352 e. The Morgan fingerprint density at radius 2 is 1.70 bits per heavy atom. The highest BCUT2D eigenvalue weighted by atomic mass is 32.2. The fourth-order valence-corrected chi connectivity index (χ4v) is 3.71. The van der Waals surface area contributed by atoms with Crippen molar-refractivity contribution in [3.8, 4) is 0 Å². The molecule has 0 aliphatic carbocycles. The molecular weight excluding hydrogens is 399 g/mol. The fraction of sp³-hybridized carbons (Fsp3) is 0.417. The van der Waals surface area contributed by atoms with Gasteiger partial charge in [0.05, 0.1) is 0 Å². The summed E-state index contributed by atoms with van der Waals surface area (Å²) in [6.07, 6.45) is 1.14. The van der Waals surface area contributed by atoms with Gasteiger partial charge in [-0.1, -0.05) is 36.8 Å². The van der Waals surface area contributed by atoms with Crippen LogP contribution in [0.5, 0.6) is 0 Å². The Balaban J connectivity index is 2.06. The minimum Gasteiger partial charge on any atom is -0.352 e. The summed E-state index contributed by atoms with van der Waals surface area (Å²) < 4.78 is 13.3. The molecule has 0 heterocycles. The van der Waals surface area contributed by atoms with Gasteiger partial charge in [0.15, 0.2) is 0 Å². The number of thioether (sulfide) groups is 1. The third-order valence-corrected chi connectivity index (χ3v) is 6.05. The van der Waals surface area contributed by atoms with Gasteiger partial charge in [0.1, 0.15) is 11.9 Å². The van der Waals surface area contributed by atoms with E-state index in [1.54, 1.807) is 35.7 Å². The first-order valence-electron chi connectivity index (χ1n) is 10.3. The molecule has 2 amide bonds. The predicted molar refractivity (Wildman–Crippen MR) is 121 cm³/mol. The van der Waals surface area contributed by atoms with Crippen LogP contribution in [-0.4, -0.2) is 34.6 Å². The van der Waals surface area contributed by atoms with Crippen molar-refractivity contribution in [2.24, 2.45) is 0 Å². The second-order valence-electron chi connectivity index (χ2n) is 7.55. The molecule has 0 fully saturated rings. The minimum absolute atomic E-state index is 0.0415. The van der Waals surface area contributed by atoms with Gasteiger partial charge in [0.25, 0.3) is 0 Å². The number of nitrogens with zero attached hydrogens (tertiary/aromatic N) is 1. The lowest BCUT2D eigenvalue weighted by Crippen LogP contribution is -2.49. The first kappa shape index (κ1) is 23.9. The van der Waals surface area contributed by atoms with E-state index in [1.165, 1.54) is 17.7 Å². The number of hydrogen-bond donors (Lipinski definition) is 1. The zero-order valence-corrected chi connectivity index (χ0v) is 19.0. The van der Waals surface area contributed by atoms with Crippen LogP contribution in [0.1, 0.15) is 44.7 Å². The van der Waals surface area contributed by atoms with Crippen LogP contribution in [0.3, 0.4) is 0 Å². The van der Waals surface area contributed by atoms with Gasteiger partial charge in [0.2, 0.25) is 11.8 Å². The number of rotatable bonds is 10. The first-order chi connectivity index (χ1) is 14.3. The van der Waals surface area contributed by atoms with E-state index in [4.69, 9.17) is 0 Å². The molecule has 4 nitrogen and oxygen atoms in total. The molecule has 0 spiro atoms. The lowest BCUT2D eigenvalue weighted by Gasteiger charge is -2.29. The number of hydrogen-bond acceptors (Lipinski definition) is 3. The molecule has 0 radical (unpaired) electrons. The van der Waals surface area contributed by atoms with Crippen molar-refractivity contribution in [1.82, 2.24) is 10.2 Å². The Labute approximate surface area is 183 Å². The second-order valence-corrected chi connectivity index (χ2v) is 8.72. The van der Waals surface area contributed by atoms with E-state index in [1.807, 2.05) is 45.0 Å². The van der Waals surface area contributed by atoms with Gasteiger partial charge in [-0.3, -0.25) is 9.59 Å². The molecule has 2 rings (SSSR count). The smallest absolute Gasteiger partial charge is 0.242 e. The lowest BCUT2D eigenvalue weighted by molar-refractivity contribution is -0.140. The maximum absolute atomic E-state index is 13.3. The summed E-state index contributed by atoms with van der Waals surface area (Å²) in [4.78, 5) is 28.4. The van der Waals surface area contributed by atoms with Gasteiger partial charge in [-0.05, 0) is 57.0 Å². The van der Waals surface area contributed by atoms with E-state index in [-0.39, 0.29) is 30.2 Å². The van der Waals surface area contributed by atoms with Crippen LogP contribution in [0.2, 0.25) is 0 Å². The van der Waals surface area contributed by atoms with E-state index in [9.17, 15) is 14.0 Å². The summed E-state index contributed by atoms with van der Waals surface area (Å²) >= 11 is 1.62. The predicted octanol–water partition coefficient (Wildman–Crippen LogP) is 4.95. The van der Waals surface area contributed by atoms with Gasteiger partial charge in [-0.25, -0.2) is 4.39 Å². The van der Waals surface area contributed by atoms with Gasteiger partial charge in [-0.2, -0.15) is 0 Å². The second kappa shape index (κ2) is 11.7.